The molecule has 1 heterocycles. The Hall–Kier alpha value is -2.16. The first kappa shape index (κ1) is 9.40. The molecule has 0 unspecified atom stereocenters. The maximum Gasteiger partial charge on any atom is 0.248 e. The highest BCUT2D eigenvalue weighted by Gasteiger charge is 2.03. The summed E-state index contributed by atoms with van der Waals surface area (Å²) in [4.78, 5) is 13.9. The molecule has 0 aliphatic carbocycles. The Bertz CT molecular complexity index is 596. The molecule has 2 rings (SSSR count). The maximum atomic E-state index is 11.1. The average Bonchev–Trinajstić information content (AvgIpc) is 2.27. The molecule has 0 amide bonds. The van der Waals surface area contributed by atoms with Gasteiger partial charge in [-0.25, -0.2) is 0 Å². The van der Waals surface area contributed by atoms with Gasteiger partial charge in [-0.2, -0.15) is 4.58 Å². The SMILES string of the molecule is C=C[N+](=C)c1ccc2ccc(=O)[nH]c2c1. The van der Waals surface area contributed by atoms with Gasteiger partial charge in [0.05, 0.1) is 5.52 Å². The van der Waals surface area contributed by atoms with E-state index in [2.05, 4.69) is 18.3 Å². The molecule has 0 fully saturated rings. The largest absolute Gasteiger partial charge is 0.322 e. The van der Waals surface area contributed by atoms with E-state index in [9.17, 15) is 4.79 Å². The van der Waals surface area contributed by atoms with E-state index < -0.39 is 0 Å². The van der Waals surface area contributed by atoms with Crippen LogP contribution in [0.1, 0.15) is 0 Å². The number of hydrogen-bond donors (Lipinski definition) is 1. The minimum absolute atomic E-state index is 0.103. The fourth-order valence-corrected chi connectivity index (χ4v) is 1.42. The fourth-order valence-electron chi connectivity index (χ4n) is 1.42. The summed E-state index contributed by atoms with van der Waals surface area (Å²) in [6, 6.07) is 9.03. The molecule has 0 radical (unpaired) electrons. The molecule has 15 heavy (non-hydrogen) atoms. The van der Waals surface area contributed by atoms with E-state index in [4.69, 9.17) is 0 Å². The van der Waals surface area contributed by atoms with Crippen LogP contribution in [0.5, 0.6) is 0 Å². The highest BCUT2D eigenvalue weighted by molar-refractivity contribution is 5.80. The smallest absolute Gasteiger partial charge is 0.248 e. The van der Waals surface area contributed by atoms with Gasteiger partial charge in [0.25, 0.3) is 0 Å². The minimum Gasteiger partial charge on any atom is -0.322 e. The molecule has 1 N–H and O–H groups in total. The van der Waals surface area contributed by atoms with Gasteiger partial charge in [0, 0.05) is 18.2 Å². The molecule has 1 aromatic carbocycles. The van der Waals surface area contributed by atoms with E-state index in [1.165, 1.54) is 6.07 Å². The second-order valence-corrected chi connectivity index (χ2v) is 3.25. The van der Waals surface area contributed by atoms with Crippen LogP contribution in [0.4, 0.5) is 5.69 Å². The Labute approximate surface area is 87.0 Å². The van der Waals surface area contributed by atoms with Crippen molar-refractivity contribution in [3.63, 3.8) is 0 Å². The molecule has 0 saturated heterocycles. The van der Waals surface area contributed by atoms with Gasteiger partial charge in [-0.15, -0.1) is 0 Å². The van der Waals surface area contributed by atoms with Crippen molar-refractivity contribution < 1.29 is 4.58 Å². The number of H-pyrrole nitrogens is 1. The molecule has 0 saturated carbocycles. The van der Waals surface area contributed by atoms with Crippen LogP contribution >= 0.6 is 0 Å². The van der Waals surface area contributed by atoms with Crippen molar-refractivity contribution in [1.82, 2.24) is 4.98 Å². The van der Waals surface area contributed by atoms with Crippen molar-refractivity contribution in [1.29, 1.82) is 0 Å². The van der Waals surface area contributed by atoms with Gasteiger partial charge >= 0.3 is 0 Å². The second kappa shape index (κ2) is 3.53. The highest BCUT2D eigenvalue weighted by Crippen LogP contribution is 2.17. The lowest BCUT2D eigenvalue weighted by atomic mass is 10.2. The summed E-state index contributed by atoms with van der Waals surface area (Å²) in [7, 11) is 0. The average molecular weight is 199 g/mol. The van der Waals surface area contributed by atoms with E-state index in [1.54, 1.807) is 16.8 Å². The van der Waals surface area contributed by atoms with Crippen LogP contribution in [-0.4, -0.2) is 16.3 Å². The van der Waals surface area contributed by atoms with Gasteiger partial charge in [-0.1, -0.05) is 0 Å². The summed E-state index contributed by atoms with van der Waals surface area (Å²) in [5, 5.41) is 0.996. The topological polar surface area (TPSA) is 35.9 Å². The number of rotatable bonds is 2. The predicted octanol–water partition coefficient (Wildman–Crippen LogP) is 2.02. The summed E-state index contributed by atoms with van der Waals surface area (Å²) >= 11 is 0. The molecular formula is C12H11N2O+. The summed E-state index contributed by atoms with van der Waals surface area (Å²) < 4.78 is 1.64. The molecule has 0 aliphatic heterocycles. The molecular weight excluding hydrogens is 188 g/mol. The quantitative estimate of drug-likeness (QED) is 0.583. The fraction of sp³-hybridized carbons (Fsp3) is 0. The molecule has 3 heteroatoms. The Balaban J connectivity index is 2.69. The number of fused-ring (bicyclic) bond motifs is 1. The van der Waals surface area contributed by atoms with Crippen molar-refractivity contribution in [2.24, 2.45) is 0 Å². The van der Waals surface area contributed by atoms with Crippen LogP contribution in [0.2, 0.25) is 0 Å². The third-order valence-electron chi connectivity index (χ3n) is 2.26. The molecule has 0 spiro atoms. The summed E-state index contributed by atoms with van der Waals surface area (Å²) in [5.74, 6) is 0. The maximum absolute atomic E-state index is 11.1. The lowest BCUT2D eigenvalue weighted by Gasteiger charge is -1.98. The number of hydrogen-bond acceptors (Lipinski definition) is 1. The molecule has 0 atom stereocenters. The molecule has 1 aromatic heterocycles. The van der Waals surface area contributed by atoms with Gasteiger partial charge in [-0.05, 0) is 24.1 Å². The number of nitrogens with zero attached hydrogens (tertiary/aromatic N) is 1. The van der Waals surface area contributed by atoms with Crippen molar-refractivity contribution in [3.8, 4) is 0 Å². The van der Waals surface area contributed by atoms with Gasteiger partial charge < -0.3 is 4.98 Å². The first-order valence-corrected chi connectivity index (χ1v) is 4.56. The zero-order valence-electron chi connectivity index (χ0n) is 8.23. The summed E-state index contributed by atoms with van der Waals surface area (Å²) in [6.45, 7) is 7.41. The van der Waals surface area contributed by atoms with Crippen molar-refractivity contribution >= 4 is 23.3 Å². The van der Waals surface area contributed by atoms with Crippen LogP contribution in [0.3, 0.4) is 0 Å². The zero-order valence-corrected chi connectivity index (χ0v) is 8.23. The Morgan fingerprint density at radius 2 is 2.00 bits per heavy atom. The lowest BCUT2D eigenvalue weighted by Crippen LogP contribution is -2.02. The first-order valence-electron chi connectivity index (χ1n) is 4.56. The first-order chi connectivity index (χ1) is 7.20. The number of aromatic nitrogens is 1. The number of aromatic amines is 1. The number of nitrogens with one attached hydrogen (secondary N) is 1. The predicted molar refractivity (Wildman–Crippen MR) is 61.8 cm³/mol. The van der Waals surface area contributed by atoms with Crippen molar-refractivity contribution in [2.45, 2.75) is 0 Å². The Kier molecular flexibility index (Phi) is 2.21. The van der Waals surface area contributed by atoms with Crippen LogP contribution in [0, 0.1) is 0 Å². The zero-order chi connectivity index (χ0) is 10.8. The highest BCUT2D eigenvalue weighted by atomic mass is 16.1. The Morgan fingerprint density at radius 3 is 2.73 bits per heavy atom. The van der Waals surface area contributed by atoms with E-state index >= 15 is 0 Å². The van der Waals surface area contributed by atoms with Gasteiger partial charge in [0.15, 0.2) is 6.20 Å². The van der Waals surface area contributed by atoms with Gasteiger partial charge in [-0.3, -0.25) is 4.79 Å². The van der Waals surface area contributed by atoms with E-state index in [-0.39, 0.29) is 5.56 Å². The summed E-state index contributed by atoms with van der Waals surface area (Å²) in [5.41, 5.74) is 1.59. The molecule has 0 aliphatic rings. The van der Waals surface area contributed by atoms with Crippen LogP contribution in [0.25, 0.3) is 10.9 Å². The second-order valence-electron chi connectivity index (χ2n) is 3.25. The van der Waals surface area contributed by atoms with Crippen LogP contribution in [-0.2, 0) is 0 Å². The minimum atomic E-state index is -0.103. The number of pyridine rings is 1. The Morgan fingerprint density at radius 1 is 1.27 bits per heavy atom. The van der Waals surface area contributed by atoms with E-state index in [1.807, 2.05) is 18.2 Å². The van der Waals surface area contributed by atoms with Crippen LogP contribution < -0.4 is 5.56 Å². The van der Waals surface area contributed by atoms with Crippen molar-refractivity contribution in [3.05, 3.63) is 53.5 Å². The normalized spacial score (nSPS) is 10.1. The van der Waals surface area contributed by atoms with Gasteiger partial charge in [0.1, 0.15) is 6.72 Å². The van der Waals surface area contributed by atoms with Gasteiger partial charge in [0.2, 0.25) is 11.2 Å². The molecule has 3 nitrogen and oxygen atoms in total. The standard InChI is InChI=1S/C12H10N2O/c1-3-14(2)10-6-4-9-5-7-12(15)13-11(9)8-10/h3-8H,1-2H2/p+1. The third-order valence-corrected chi connectivity index (χ3v) is 2.26. The van der Waals surface area contributed by atoms with E-state index in [0.29, 0.717) is 0 Å². The van der Waals surface area contributed by atoms with Crippen LogP contribution in [0.15, 0.2) is 47.9 Å². The number of benzene rings is 1. The lowest BCUT2D eigenvalue weighted by molar-refractivity contribution is -0.348. The molecule has 74 valence electrons. The van der Waals surface area contributed by atoms with E-state index in [0.717, 1.165) is 16.6 Å². The molecule has 2 aromatic rings. The third kappa shape index (κ3) is 1.72. The summed E-state index contributed by atoms with van der Waals surface area (Å²) in [6.07, 6.45) is 1.61. The molecule has 0 bridgehead atoms. The monoisotopic (exact) mass is 199 g/mol. The van der Waals surface area contributed by atoms with Crippen molar-refractivity contribution in [2.75, 3.05) is 0 Å².